The van der Waals surface area contributed by atoms with Crippen molar-refractivity contribution in [3.05, 3.63) is 71.8 Å². The maximum Gasteiger partial charge on any atom is 0.328 e. The molecule has 24 heavy (non-hydrogen) atoms. The molecule has 0 heterocycles. The highest BCUT2D eigenvalue weighted by molar-refractivity contribution is 5.88. The molecule has 0 spiro atoms. The molecule has 0 bridgehead atoms. The van der Waals surface area contributed by atoms with Crippen LogP contribution in [-0.4, -0.2) is 25.0 Å². The van der Waals surface area contributed by atoms with E-state index in [4.69, 9.17) is 0 Å². The number of hydrogen-bond donors (Lipinski definition) is 2. The third kappa shape index (κ3) is 4.93. The van der Waals surface area contributed by atoms with Gasteiger partial charge in [-0.25, -0.2) is 4.79 Å². The van der Waals surface area contributed by atoms with Gasteiger partial charge in [-0.3, -0.25) is 10.1 Å². The van der Waals surface area contributed by atoms with E-state index in [0.717, 1.165) is 11.1 Å². The molecule has 2 rings (SSSR count). The van der Waals surface area contributed by atoms with Crippen LogP contribution >= 0.6 is 0 Å². The van der Waals surface area contributed by atoms with Gasteiger partial charge in [-0.1, -0.05) is 60.7 Å². The Hall–Kier alpha value is -2.66. The monoisotopic (exact) mass is 326 g/mol. The Morgan fingerprint density at radius 3 is 2.17 bits per heavy atom. The zero-order chi connectivity index (χ0) is 17.4. The van der Waals surface area contributed by atoms with Gasteiger partial charge in [-0.15, -0.1) is 0 Å². The van der Waals surface area contributed by atoms with Crippen molar-refractivity contribution in [3.8, 4) is 0 Å². The van der Waals surface area contributed by atoms with E-state index in [2.05, 4.69) is 15.4 Å². The summed E-state index contributed by atoms with van der Waals surface area (Å²) in [4.78, 5) is 24.1. The van der Waals surface area contributed by atoms with E-state index in [1.54, 1.807) is 6.92 Å². The lowest BCUT2D eigenvalue weighted by atomic mass is 10.1. The number of methoxy groups -OCH3 is 1. The molecule has 5 nitrogen and oxygen atoms in total. The maximum atomic E-state index is 12.6. The largest absolute Gasteiger partial charge is 0.467 e. The Balaban J connectivity index is 2.11. The second-order valence-corrected chi connectivity index (χ2v) is 5.46. The first-order chi connectivity index (χ1) is 11.6. The van der Waals surface area contributed by atoms with Gasteiger partial charge in [0, 0.05) is 6.54 Å². The summed E-state index contributed by atoms with van der Waals surface area (Å²) in [5.74, 6) is -0.742. The van der Waals surface area contributed by atoms with Crippen molar-refractivity contribution < 1.29 is 14.3 Å². The van der Waals surface area contributed by atoms with Crippen molar-refractivity contribution in [2.45, 2.75) is 25.6 Å². The third-order valence-electron chi connectivity index (χ3n) is 3.66. The number of amides is 1. The first kappa shape index (κ1) is 17.7. The van der Waals surface area contributed by atoms with Crippen LogP contribution in [0.5, 0.6) is 0 Å². The molecular formula is C19H22N2O3. The maximum absolute atomic E-state index is 12.6. The van der Waals surface area contributed by atoms with Crippen molar-refractivity contribution in [1.82, 2.24) is 10.6 Å². The number of ether oxygens (including phenoxy) is 1. The highest BCUT2D eigenvalue weighted by Gasteiger charge is 2.24. The van der Waals surface area contributed by atoms with Gasteiger partial charge in [0.15, 0.2) is 0 Å². The molecule has 1 amide bonds. The summed E-state index contributed by atoms with van der Waals surface area (Å²) in [5, 5.41) is 5.94. The van der Waals surface area contributed by atoms with E-state index in [-0.39, 0.29) is 5.91 Å². The molecule has 126 valence electrons. The summed E-state index contributed by atoms with van der Waals surface area (Å²) >= 11 is 0. The van der Waals surface area contributed by atoms with Crippen LogP contribution in [0.1, 0.15) is 24.1 Å². The van der Waals surface area contributed by atoms with Crippen molar-refractivity contribution in [3.63, 3.8) is 0 Å². The quantitative estimate of drug-likeness (QED) is 0.766. The number of nitrogens with one attached hydrogen (secondary N) is 2. The summed E-state index contributed by atoms with van der Waals surface area (Å²) in [6.45, 7) is 2.14. The molecule has 0 saturated heterocycles. The molecule has 2 aromatic rings. The molecule has 0 saturated carbocycles. The van der Waals surface area contributed by atoms with Crippen LogP contribution in [-0.2, 0) is 20.9 Å². The Kier molecular flexibility index (Phi) is 6.51. The zero-order valence-corrected chi connectivity index (χ0v) is 13.9. The molecule has 0 aliphatic rings. The van der Waals surface area contributed by atoms with Crippen molar-refractivity contribution >= 4 is 11.9 Å². The van der Waals surface area contributed by atoms with Gasteiger partial charge in [0.1, 0.15) is 12.1 Å². The lowest BCUT2D eigenvalue weighted by Crippen LogP contribution is -2.45. The zero-order valence-electron chi connectivity index (χ0n) is 13.9. The van der Waals surface area contributed by atoms with E-state index in [1.165, 1.54) is 7.11 Å². The Labute approximate surface area is 142 Å². The summed E-state index contributed by atoms with van der Waals surface area (Å²) < 4.78 is 4.65. The minimum Gasteiger partial charge on any atom is -0.467 e. The number of carbonyl (C=O) groups excluding carboxylic acids is 2. The number of benzene rings is 2. The van der Waals surface area contributed by atoms with Crippen LogP contribution in [0, 0.1) is 0 Å². The van der Waals surface area contributed by atoms with Gasteiger partial charge in [0.05, 0.1) is 7.11 Å². The molecule has 0 radical (unpaired) electrons. The highest BCUT2D eigenvalue weighted by Crippen LogP contribution is 2.14. The highest BCUT2D eigenvalue weighted by atomic mass is 16.5. The van der Waals surface area contributed by atoms with Crippen LogP contribution in [0.2, 0.25) is 0 Å². The predicted molar refractivity (Wildman–Crippen MR) is 92.1 cm³/mol. The lowest BCUT2D eigenvalue weighted by molar-refractivity contribution is -0.144. The Bertz CT molecular complexity index is 659. The normalized spacial score (nSPS) is 12.9. The van der Waals surface area contributed by atoms with Crippen LogP contribution in [0.3, 0.4) is 0 Å². The Morgan fingerprint density at radius 1 is 1.00 bits per heavy atom. The molecule has 0 fully saturated rings. The lowest BCUT2D eigenvalue weighted by Gasteiger charge is -2.21. The van der Waals surface area contributed by atoms with Gasteiger partial charge < -0.3 is 10.1 Å². The average Bonchev–Trinajstić information content (AvgIpc) is 2.63. The second-order valence-electron chi connectivity index (χ2n) is 5.46. The fourth-order valence-corrected chi connectivity index (χ4v) is 2.36. The number of carbonyl (C=O) groups is 2. The summed E-state index contributed by atoms with van der Waals surface area (Å²) in [6.07, 6.45) is 0. The third-order valence-corrected chi connectivity index (χ3v) is 3.66. The first-order valence-electron chi connectivity index (χ1n) is 7.82. The molecule has 0 aliphatic carbocycles. The molecule has 0 unspecified atom stereocenters. The summed E-state index contributed by atoms with van der Waals surface area (Å²) in [6, 6.07) is 18.0. The van der Waals surface area contributed by atoms with Crippen molar-refractivity contribution in [1.29, 1.82) is 0 Å². The first-order valence-corrected chi connectivity index (χ1v) is 7.82. The van der Waals surface area contributed by atoms with Gasteiger partial charge >= 0.3 is 5.97 Å². The van der Waals surface area contributed by atoms with Gasteiger partial charge in [-0.2, -0.15) is 0 Å². The fraction of sp³-hybridized carbons (Fsp3) is 0.263. The van der Waals surface area contributed by atoms with Gasteiger partial charge in [-0.05, 0) is 18.1 Å². The van der Waals surface area contributed by atoms with Crippen LogP contribution in [0.15, 0.2) is 60.7 Å². The smallest absolute Gasteiger partial charge is 0.328 e. The molecular weight excluding hydrogens is 304 g/mol. The van der Waals surface area contributed by atoms with Crippen LogP contribution < -0.4 is 10.6 Å². The van der Waals surface area contributed by atoms with Gasteiger partial charge in [0.25, 0.3) is 0 Å². The fourth-order valence-electron chi connectivity index (χ4n) is 2.36. The Morgan fingerprint density at radius 2 is 1.58 bits per heavy atom. The van der Waals surface area contributed by atoms with E-state index in [9.17, 15) is 9.59 Å². The minimum atomic E-state index is -0.702. The molecule has 2 N–H and O–H groups in total. The topological polar surface area (TPSA) is 67.4 Å². The molecule has 0 aromatic heterocycles. The summed E-state index contributed by atoms with van der Waals surface area (Å²) in [5.41, 5.74) is 1.91. The molecule has 0 aliphatic heterocycles. The van der Waals surface area contributed by atoms with E-state index in [0.29, 0.717) is 6.54 Å². The number of rotatable bonds is 7. The number of esters is 1. The molecule has 2 aromatic carbocycles. The number of hydrogen-bond acceptors (Lipinski definition) is 4. The predicted octanol–water partition coefficient (Wildman–Crippen LogP) is 2.20. The van der Waals surface area contributed by atoms with Crippen LogP contribution in [0.4, 0.5) is 0 Å². The SMILES string of the molecule is COC(=O)[C@H](C)NC(=O)[C@@H](NCc1ccccc1)c1ccccc1. The molecule has 5 heteroatoms. The van der Waals surface area contributed by atoms with Gasteiger partial charge in [0.2, 0.25) is 5.91 Å². The van der Waals surface area contributed by atoms with Crippen molar-refractivity contribution in [2.75, 3.05) is 7.11 Å². The minimum absolute atomic E-state index is 0.268. The van der Waals surface area contributed by atoms with Crippen LogP contribution in [0.25, 0.3) is 0 Å². The average molecular weight is 326 g/mol. The van der Waals surface area contributed by atoms with E-state index in [1.807, 2.05) is 60.7 Å². The molecule has 2 atom stereocenters. The van der Waals surface area contributed by atoms with Crippen molar-refractivity contribution in [2.24, 2.45) is 0 Å². The standard InChI is InChI=1S/C19H22N2O3/c1-14(19(23)24-2)21-18(22)17(16-11-7-4-8-12-16)20-13-15-9-5-3-6-10-15/h3-12,14,17,20H,13H2,1-2H3,(H,21,22)/t14-,17-/m0/s1. The van der Waals surface area contributed by atoms with E-state index >= 15 is 0 Å². The second kappa shape index (κ2) is 8.84. The summed E-state index contributed by atoms with van der Waals surface area (Å²) in [7, 11) is 1.30. The van der Waals surface area contributed by atoms with E-state index < -0.39 is 18.1 Å².